The second-order valence-corrected chi connectivity index (χ2v) is 14.8. The van der Waals surface area contributed by atoms with Crippen LogP contribution in [0.3, 0.4) is 0 Å². The van der Waals surface area contributed by atoms with Crippen LogP contribution in [0.15, 0.2) is 24.3 Å². The largest absolute Gasteiger partial charge is 0.394 e. The quantitative estimate of drug-likeness (QED) is 0.0289. The second kappa shape index (κ2) is 33.3. The highest BCUT2D eigenvalue weighted by molar-refractivity contribution is 5.76. The third-order valence-electron chi connectivity index (χ3n) is 10.1. The lowest BCUT2D eigenvalue weighted by Crippen LogP contribution is -2.60. The van der Waals surface area contributed by atoms with Crippen LogP contribution in [0.4, 0.5) is 0 Å². The summed E-state index contributed by atoms with van der Waals surface area (Å²) >= 11 is 0. The van der Waals surface area contributed by atoms with Gasteiger partial charge in [-0.2, -0.15) is 0 Å². The lowest BCUT2D eigenvalue weighted by Gasteiger charge is -2.40. The van der Waals surface area contributed by atoms with Crippen molar-refractivity contribution in [1.29, 1.82) is 0 Å². The average Bonchev–Trinajstić information content (AvgIpc) is 3.13. The van der Waals surface area contributed by atoms with E-state index < -0.39 is 49.5 Å². The predicted octanol–water partition coefficient (Wildman–Crippen LogP) is 7.94. The molecule has 0 saturated carbocycles. The minimum atomic E-state index is -1.57. The van der Waals surface area contributed by atoms with Gasteiger partial charge in [0.1, 0.15) is 24.4 Å². The molecule has 7 unspecified atom stereocenters. The van der Waals surface area contributed by atoms with E-state index in [0.717, 1.165) is 25.7 Å². The average molecular weight is 726 g/mol. The van der Waals surface area contributed by atoms with Crippen molar-refractivity contribution >= 4 is 5.91 Å². The molecule has 0 bridgehead atoms. The van der Waals surface area contributed by atoms with E-state index in [1.54, 1.807) is 6.08 Å². The van der Waals surface area contributed by atoms with Crippen molar-refractivity contribution in [3.05, 3.63) is 24.3 Å². The summed E-state index contributed by atoms with van der Waals surface area (Å²) in [7, 11) is 0. The number of unbranched alkanes of at least 4 members (excludes halogenated alkanes) is 22. The molecule has 0 radical (unpaired) electrons. The van der Waals surface area contributed by atoms with Crippen LogP contribution in [0, 0.1) is 0 Å². The van der Waals surface area contributed by atoms with Crippen LogP contribution >= 0.6 is 0 Å². The Labute approximate surface area is 311 Å². The van der Waals surface area contributed by atoms with Gasteiger partial charge in [-0.3, -0.25) is 4.79 Å². The topological polar surface area (TPSA) is 149 Å². The summed E-state index contributed by atoms with van der Waals surface area (Å²) < 4.78 is 11.2. The van der Waals surface area contributed by atoms with E-state index in [9.17, 15) is 30.3 Å². The predicted molar refractivity (Wildman–Crippen MR) is 207 cm³/mol. The first-order chi connectivity index (χ1) is 24.8. The fourth-order valence-electron chi connectivity index (χ4n) is 6.61. The van der Waals surface area contributed by atoms with Gasteiger partial charge in [-0.25, -0.2) is 0 Å². The van der Waals surface area contributed by atoms with Crippen molar-refractivity contribution in [2.75, 3.05) is 13.2 Å². The number of aliphatic hydroxyl groups is 5. The van der Waals surface area contributed by atoms with E-state index in [2.05, 4.69) is 31.3 Å². The van der Waals surface area contributed by atoms with E-state index in [0.29, 0.717) is 12.8 Å². The monoisotopic (exact) mass is 726 g/mol. The van der Waals surface area contributed by atoms with Gasteiger partial charge in [0, 0.05) is 6.42 Å². The number of amides is 1. The molecule has 6 N–H and O–H groups in total. The molecular formula is C42H79NO8. The molecule has 9 heteroatoms. The Kier molecular flexibility index (Phi) is 31.1. The maximum Gasteiger partial charge on any atom is 0.220 e. The van der Waals surface area contributed by atoms with Gasteiger partial charge >= 0.3 is 0 Å². The van der Waals surface area contributed by atoms with Crippen molar-refractivity contribution in [3.8, 4) is 0 Å². The van der Waals surface area contributed by atoms with Gasteiger partial charge in [-0.15, -0.1) is 0 Å². The molecule has 0 aromatic rings. The molecule has 1 heterocycles. The molecule has 0 spiro atoms. The number of allylic oxidation sites excluding steroid dienone is 3. The molecule has 1 aliphatic rings. The first-order valence-corrected chi connectivity index (χ1v) is 21.1. The summed E-state index contributed by atoms with van der Waals surface area (Å²) in [5.41, 5.74) is 0. The maximum atomic E-state index is 12.9. The van der Waals surface area contributed by atoms with Gasteiger partial charge in [-0.05, 0) is 25.7 Å². The van der Waals surface area contributed by atoms with Crippen molar-refractivity contribution < 1.29 is 39.8 Å². The molecule has 1 saturated heterocycles. The van der Waals surface area contributed by atoms with Crippen molar-refractivity contribution in [3.63, 3.8) is 0 Å². The fraction of sp³-hybridized carbons (Fsp3) is 0.881. The lowest BCUT2D eigenvalue weighted by atomic mass is 9.99. The first kappa shape index (κ1) is 47.7. The highest BCUT2D eigenvalue weighted by Gasteiger charge is 2.44. The summed E-state index contributed by atoms with van der Waals surface area (Å²) in [5, 5.41) is 54.0. The van der Waals surface area contributed by atoms with Crippen LogP contribution in [0.5, 0.6) is 0 Å². The number of aliphatic hydroxyl groups excluding tert-OH is 5. The highest BCUT2D eigenvalue weighted by Crippen LogP contribution is 2.22. The van der Waals surface area contributed by atoms with Gasteiger partial charge in [0.25, 0.3) is 0 Å². The third kappa shape index (κ3) is 24.6. The second-order valence-electron chi connectivity index (χ2n) is 14.8. The summed E-state index contributed by atoms with van der Waals surface area (Å²) in [4.78, 5) is 12.9. The van der Waals surface area contributed by atoms with Crippen LogP contribution < -0.4 is 5.32 Å². The van der Waals surface area contributed by atoms with Gasteiger partial charge in [0.05, 0.1) is 25.4 Å². The normalized spacial score (nSPS) is 22.2. The summed E-state index contributed by atoms with van der Waals surface area (Å²) in [6.07, 6.45) is 30.8. The third-order valence-corrected chi connectivity index (χ3v) is 10.1. The van der Waals surface area contributed by atoms with E-state index >= 15 is 0 Å². The Morgan fingerprint density at radius 3 is 1.67 bits per heavy atom. The van der Waals surface area contributed by atoms with Crippen LogP contribution in [-0.2, 0) is 14.3 Å². The molecule has 7 atom stereocenters. The number of hydrogen-bond acceptors (Lipinski definition) is 8. The zero-order valence-corrected chi connectivity index (χ0v) is 32.6. The molecule has 9 nitrogen and oxygen atoms in total. The summed E-state index contributed by atoms with van der Waals surface area (Å²) in [6, 6.07) is -0.821. The van der Waals surface area contributed by atoms with E-state index in [1.807, 2.05) is 6.08 Å². The number of nitrogens with one attached hydrogen (secondary N) is 1. The van der Waals surface area contributed by atoms with Crippen molar-refractivity contribution in [2.24, 2.45) is 0 Å². The molecule has 1 fully saturated rings. The number of carbonyl (C=O) groups excluding carboxylic acids is 1. The molecular weight excluding hydrogens is 646 g/mol. The van der Waals surface area contributed by atoms with Gasteiger partial charge in [0.2, 0.25) is 5.91 Å². The first-order valence-electron chi connectivity index (χ1n) is 21.1. The molecule has 1 rings (SSSR count). The molecule has 0 aromatic heterocycles. The van der Waals surface area contributed by atoms with E-state index in [4.69, 9.17) is 9.47 Å². The molecule has 300 valence electrons. The standard InChI is InChI=1S/C42H79NO8/c1-3-5-7-9-11-13-15-17-18-20-22-24-26-28-30-32-38(46)43-35(34-50-42-41(49)40(48)39(47)37(33-44)51-42)36(45)31-29-27-25-23-21-19-16-14-12-10-8-6-4-2/h23,25,29,31,35-37,39-42,44-45,47-49H,3-22,24,26-28,30,32-34H2,1-2H3,(H,43,46). The number of ether oxygens (including phenoxy) is 2. The molecule has 0 aliphatic carbocycles. The van der Waals surface area contributed by atoms with Crippen LogP contribution in [0.1, 0.15) is 181 Å². The SMILES string of the molecule is CCCCCCCCCCC=CCC=CC(O)C(COC1OC(CO)C(O)C(O)C1O)NC(=O)CCCCCCCCCCCCCCCCC. The van der Waals surface area contributed by atoms with E-state index in [-0.39, 0.29) is 12.5 Å². The van der Waals surface area contributed by atoms with Gasteiger partial charge in [0.15, 0.2) is 6.29 Å². The zero-order chi connectivity index (χ0) is 37.4. The van der Waals surface area contributed by atoms with Gasteiger partial charge < -0.3 is 40.3 Å². The number of carbonyl (C=O) groups is 1. The van der Waals surface area contributed by atoms with E-state index in [1.165, 1.54) is 128 Å². The van der Waals surface area contributed by atoms with Crippen molar-refractivity contribution in [2.45, 2.75) is 224 Å². The highest BCUT2D eigenvalue weighted by atomic mass is 16.7. The smallest absolute Gasteiger partial charge is 0.220 e. The lowest BCUT2D eigenvalue weighted by molar-refractivity contribution is -0.302. The molecule has 1 aliphatic heterocycles. The Morgan fingerprint density at radius 2 is 1.16 bits per heavy atom. The maximum absolute atomic E-state index is 12.9. The summed E-state index contributed by atoms with van der Waals surface area (Å²) in [6.45, 7) is 3.73. The minimum absolute atomic E-state index is 0.190. The van der Waals surface area contributed by atoms with Crippen LogP contribution in [0.2, 0.25) is 0 Å². The summed E-state index contributed by atoms with van der Waals surface area (Å²) in [5.74, 6) is -0.190. The Bertz CT molecular complexity index is 853. The Hall–Kier alpha value is -1.33. The fourth-order valence-corrected chi connectivity index (χ4v) is 6.61. The van der Waals surface area contributed by atoms with Crippen molar-refractivity contribution in [1.82, 2.24) is 5.32 Å². The number of hydrogen-bond donors (Lipinski definition) is 6. The molecule has 51 heavy (non-hydrogen) atoms. The number of rotatable bonds is 34. The Balaban J connectivity index is 2.43. The minimum Gasteiger partial charge on any atom is -0.394 e. The zero-order valence-electron chi connectivity index (χ0n) is 32.6. The van der Waals surface area contributed by atoms with Crippen LogP contribution in [-0.4, -0.2) is 87.5 Å². The van der Waals surface area contributed by atoms with Gasteiger partial charge in [-0.1, -0.05) is 173 Å². The molecule has 1 amide bonds. The molecule has 0 aromatic carbocycles. The Morgan fingerprint density at radius 1 is 0.667 bits per heavy atom. The van der Waals surface area contributed by atoms with Crippen LogP contribution in [0.25, 0.3) is 0 Å².